The molecule has 2 aromatic carbocycles. The normalized spacial score (nSPS) is 10.2. The van der Waals surface area contributed by atoms with Crippen LogP contribution in [0.1, 0.15) is 21.5 Å². The van der Waals surface area contributed by atoms with Crippen molar-refractivity contribution in [3.63, 3.8) is 0 Å². The molecule has 2 rings (SSSR count). The fourth-order valence-electron chi connectivity index (χ4n) is 1.98. The largest absolute Gasteiger partial charge is 0.387 e. The number of carbonyl (C=O) groups excluding carboxylic acids is 1. The molecule has 0 atom stereocenters. The molecular weight excluding hydrogens is 316 g/mol. The van der Waals surface area contributed by atoms with E-state index in [1.54, 1.807) is 0 Å². The summed E-state index contributed by atoms with van der Waals surface area (Å²) >= 11 is 3.42. The van der Waals surface area contributed by atoms with E-state index in [0.717, 1.165) is 27.0 Å². The van der Waals surface area contributed by atoms with E-state index in [4.69, 9.17) is 0 Å². The molecule has 0 bridgehead atoms. The minimum Gasteiger partial charge on any atom is -0.387 e. The number of amides is 1. The standard InChI is InChI=1S/C16H17BrN2O/c1-10-4-7-13(15(8-10)18-3)16(20)19-14-9-12(17)6-5-11(14)2/h4-9,18H,1-3H3,(H,19,20). The number of halogens is 1. The van der Waals surface area contributed by atoms with Gasteiger partial charge in [-0.3, -0.25) is 4.79 Å². The van der Waals surface area contributed by atoms with Gasteiger partial charge < -0.3 is 10.6 Å². The van der Waals surface area contributed by atoms with Gasteiger partial charge in [-0.2, -0.15) is 0 Å². The first-order valence-corrected chi connectivity index (χ1v) is 7.16. The monoisotopic (exact) mass is 332 g/mol. The van der Waals surface area contributed by atoms with Crippen LogP contribution >= 0.6 is 15.9 Å². The maximum absolute atomic E-state index is 12.4. The van der Waals surface area contributed by atoms with E-state index >= 15 is 0 Å². The average molecular weight is 333 g/mol. The van der Waals surface area contributed by atoms with E-state index in [0.29, 0.717) is 5.56 Å². The zero-order chi connectivity index (χ0) is 14.7. The molecule has 0 aliphatic rings. The molecule has 2 N–H and O–H groups in total. The van der Waals surface area contributed by atoms with E-state index < -0.39 is 0 Å². The molecule has 4 heteroatoms. The van der Waals surface area contributed by atoms with Gasteiger partial charge in [-0.25, -0.2) is 0 Å². The summed E-state index contributed by atoms with van der Waals surface area (Å²) in [5, 5.41) is 6.01. The molecule has 0 fully saturated rings. The molecule has 1 amide bonds. The summed E-state index contributed by atoms with van der Waals surface area (Å²) in [5.74, 6) is -0.115. The second kappa shape index (κ2) is 6.09. The van der Waals surface area contributed by atoms with Crippen LogP contribution in [-0.4, -0.2) is 13.0 Å². The summed E-state index contributed by atoms with van der Waals surface area (Å²) < 4.78 is 0.941. The van der Waals surface area contributed by atoms with Crippen LogP contribution in [0.3, 0.4) is 0 Å². The van der Waals surface area contributed by atoms with Crippen molar-refractivity contribution in [2.45, 2.75) is 13.8 Å². The number of carbonyl (C=O) groups is 1. The van der Waals surface area contributed by atoms with Crippen molar-refractivity contribution in [1.29, 1.82) is 0 Å². The average Bonchev–Trinajstić information content (AvgIpc) is 2.42. The Kier molecular flexibility index (Phi) is 4.45. The lowest BCUT2D eigenvalue weighted by Crippen LogP contribution is -2.14. The van der Waals surface area contributed by atoms with Gasteiger partial charge in [-0.15, -0.1) is 0 Å². The second-order valence-corrected chi connectivity index (χ2v) is 5.63. The molecule has 3 nitrogen and oxygen atoms in total. The zero-order valence-corrected chi connectivity index (χ0v) is 13.3. The maximum atomic E-state index is 12.4. The number of anilines is 2. The lowest BCUT2D eigenvalue weighted by atomic mass is 10.1. The summed E-state index contributed by atoms with van der Waals surface area (Å²) in [6.45, 7) is 3.97. The highest BCUT2D eigenvalue weighted by Gasteiger charge is 2.12. The molecule has 0 saturated carbocycles. The minimum atomic E-state index is -0.115. The first-order valence-electron chi connectivity index (χ1n) is 6.37. The van der Waals surface area contributed by atoms with Gasteiger partial charge in [0.05, 0.1) is 5.56 Å². The zero-order valence-electron chi connectivity index (χ0n) is 11.8. The van der Waals surface area contributed by atoms with Crippen LogP contribution in [0.5, 0.6) is 0 Å². The fourth-order valence-corrected chi connectivity index (χ4v) is 2.34. The summed E-state index contributed by atoms with van der Waals surface area (Å²) in [4.78, 5) is 12.4. The summed E-state index contributed by atoms with van der Waals surface area (Å²) in [6, 6.07) is 11.6. The van der Waals surface area contributed by atoms with Gasteiger partial charge in [-0.05, 0) is 49.2 Å². The Morgan fingerprint density at radius 2 is 1.80 bits per heavy atom. The van der Waals surface area contributed by atoms with Gasteiger partial charge >= 0.3 is 0 Å². The lowest BCUT2D eigenvalue weighted by molar-refractivity contribution is 0.102. The third-order valence-corrected chi connectivity index (χ3v) is 3.63. The van der Waals surface area contributed by atoms with Gasteiger partial charge in [0.2, 0.25) is 0 Å². The Balaban J connectivity index is 2.30. The van der Waals surface area contributed by atoms with Gasteiger partial charge in [0.15, 0.2) is 0 Å². The molecule has 0 aliphatic heterocycles. The van der Waals surface area contributed by atoms with Crippen LogP contribution in [-0.2, 0) is 0 Å². The van der Waals surface area contributed by atoms with Crippen LogP contribution in [0.25, 0.3) is 0 Å². The molecule has 104 valence electrons. The smallest absolute Gasteiger partial charge is 0.257 e. The predicted molar refractivity (Wildman–Crippen MR) is 87.6 cm³/mol. The van der Waals surface area contributed by atoms with Gasteiger partial charge in [0, 0.05) is 22.9 Å². The quantitative estimate of drug-likeness (QED) is 0.876. The molecule has 20 heavy (non-hydrogen) atoms. The first kappa shape index (κ1) is 14.6. The highest BCUT2D eigenvalue weighted by atomic mass is 79.9. The van der Waals surface area contributed by atoms with Crippen molar-refractivity contribution in [2.24, 2.45) is 0 Å². The van der Waals surface area contributed by atoms with Crippen LogP contribution in [0.2, 0.25) is 0 Å². The van der Waals surface area contributed by atoms with Crippen molar-refractivity contribution in [3.8, 4) is 0 Å². The molecule has 0 radical (unpaired) electrons. The maximum Gasteiger partial charge on any atom is 0.257 e. The summed E-state index contributed by atoms with van der Waals surface area (Å²) in [5.41, 5.74) is 4.42. The molecular formula is C16H17BrN2O. The molecule has 2 aromatic rings. The highest BCUT2D eigenvalue weighted by molar-refractivity contribution is 9.10. The lowest BCUT2D eigenvalue weighted by Gasteiger charge is -2.12. The van der Waals surface area contributed by atoms with E-state index in [1.807, 2.05) is 57.3 Å². The van der Waals surface area contributed by atoms with Crippen molar-refractivity contribution >= 4 is 33.2 Å². The van der Waals surface area contributed by atoms with Crippen LogP contribution in [0.4, 0.5) is 11.4 Å². The molecule has 0 saturated heterocycles. The SMILES string of the molecule is CNc1cc(C)ccc1C(=O)Nc1cc(Br)ccc1C. The van der Waals surface area contributed by atoms with E-state index in [1.165, 1.54) is 0 Å². The topological polar surface area (TPSA) is 41.1 Å². The van der Waals surface area contributed by atoms with Crippen LogP contribution < -0.4 is 10.6 Å². The Bertz CT molecular complexity index is 653. The van der Waals surface area contributed by atoms with Gasteiger partial charge in [-0.1, -0.05) is 28.1 Å². The van der Waals surface area contributed by atoms with E-state index in [9.17, 15) is 4.79 Å². The van der Waals surface area contributed by atoms with Crippen molar-refractivity contribution < 1.29 is 4.79 Å². The third-order valence-electron chi connectivity index (χ3n) is 3.14. The summed E-state index contributed by atoms with van der Waals surface area (Å²) in [6.07, 6.45) is 0. The number of hydrogen-bond acceptors (Lipinski definition) is 2. The molecule has 0 unspecified atom stereocenters. The van der Waals surface area contributed by atoms with E-state index in [2.05, 4.69) is 26.6 Å². The van der Waals surface area contributed by atoms with Crippen LogP contribution in [0, 0.1) is 13.8 Å². The number of hydrogen-bond donors (Lipinski definition) is 2. The number of nitrogens with one attached hydrogen (secondary N) is 2. The molecule has 0 aliphatic carbocycles. The first-order chi connectivity index (χ1) is 9.51. The van der Waals surface area contributed by atoms with Gasteiger partial charge in [0.1, 0.15) is 0 Å². The Morgan fingerprint density at radius 1 is 1.05 bits per heavy atom. The van der Waals surface area contributed by atoms with Crippen molar-refractivity contribution in [2.75, 3.05) is 17.7 Å². The van der Waals surface area contributed by atoms with E-state index in [-0.39, 0.29) is 5.91 Å². The predicted octanol–water partition coefficient (Wildman–Crippen LogP) is 4.36. The fraction of sp³-hybridized carbons (Fsp3) is 0.188. The Labute approximate surface area is 127 Å². The molecule has 0 heterocycles. The summed E-state index contributed by atoms with van der Waals surface area (Å²) in [7, 11) is 1.82. The molecule has 0 spiro atoms. The Hall–Kier alpha value is -1.81. The second-order valence-electron chi connectivity index (χ2n) is 4.71. The number of aryl methyl sites for hydroxylation is 2. The van der Waals surface area contributed by atoms with Crippen LogP contribution in [0.15, 0.2) is 40.9 Å². The third kappa shape index (κ3) is 3.20. The number of rotatable bonds is 3. The molecule has 0 aromatic heterocycles. The van der Waals surface area contributed by atoms with Crippen molar-refractivity contribution in [3.05, 3.63) is 57.6 Å². The number of benzene rings is 2. The highest BCUT2D eigenvalue weighted by Crippen LogP contribution is 2.23. The minimum absolute atomic E-state index is 0.115. The Morgan fingerprint density at radius 3 is 2.50 bits per heavy atom. The van der Waals surface area contributed by atoms with Crippen molar-refractivity contribution in [1.82, 2.24) is 0 Å². The van der Waals surface area contributed by atoms with Gasteiger partial charge in [0.25, 0.3) is 5.91 Å².